The molecule has 0 aromatic rings. The van der Waals surface area contributed by atoms with E-state index in [2.05, 4.69) is 0 Å². The third-order valence-corrected chi connectivity index (χ3v) is 11.0. The summed E-state index contributed by atoms with van der Waals surface area (Å²) in [7, 11) is 0.159. The van der Waals surface area contributed by atoms with Gasteiger partial charge in [-0.15, -0.1) is 0 Å². The van der Waals surface area contributed by atoms with Crippen molar-refractivity contribution in [3.63, 3.8) is 0 Å². The molecule has 3 saturated heterocycles. The van der Waals surface area contributed by atoms with Crippen LogP contribution in [0.5, 0.6) is 0 Å². The Morgan fingerprint density at radius 1 is 0.294 bits per heavy atom. The molecular formula is C15H30Si2. The first-order valence-electron chi connectivity index (χ1n) is 8.12. The molecule has 0 aromatic heterocycles. The summed E-state index contributed by atoms with van der Waals surface area (Å²) in [5.41, 5.74) is 0. The maximum Gasteiger partial charge on any atom is 0.0479 e. The fourth-order valence-electron chi connectivity index (χ4n) is 3.53. The molecule has 98 valence electrons. The van der Waals surface area contributed by atoms with Crippen LogP contribution in [0.25, 0.3) is 0 Å². The van der Waals surface area contributed by atoms with Crippen LogP contribution in [-0.4, -0.2) is 17.6 Å². The molecule has 0 atom stereocenters. The van der Waals surface area contributed by atoms with E-state index in [0.717, 1.165) is 0 Å². The predicted molar refractivity (Wildman–Crippen MR) is 81.9 cm³/mol. The van der Waals surface area contributed by atoms with Crippen LogP contribution in [0.3, 0.4) is 0 Å². The van der Waals surface area contributed by atoms with E-state index in [1.165, 1.54) is 0 Å². The van der Waals surface area contributed by atoms with Crippen molar-refractivity contribution in [2.45, 2.75) is 94.1 Å². The predicted octanol–water partition coefficient (Wildman–Crippen LogP) is 5.51. The highest BCUT2D eigenvalue weighted by Gasteiger charge is 2.16. The number of fused-ring (bicyclic) bond motifs is 12. The number of hydrogen-bond acceptors (Lipinski definition) is 0. The highest BCUT2D eigenvalue weighted by molar-refractivity contribution is 6.59. The normalized spacial score (nSPS) is 27.5. The van der Waals surface area contributed by atoms with Crippen molar-refractivity contribution in [2.75, 3.05) is 0 Å². The zero-order chi connectivity index (χ0) is 11.8. The van der Waals surface area contributed by atoms with E-state index in [9.17, 15) is 0 Å². The molecule has 0 saturated carbocycles. The molecule has 0 spiro atoms. The Bertz CT molecular complexity index is 142. The molecule has 3 heterocycles. The van der Waals surface area contributed by atoms with Crippen LogP contribution in [0, 0.1) is 0 Å². The molecule has 0 N–H and O–H groups in total. The quantitative estimate of drug-likeness (QED) is 0.507. The van der Waals surface area contributed by atoms with Crippen LogP contribution in [0.2, 0.25) is 36.3 Å². The fraction of sp³-hybridized carbons (Fsp3) is 1.00. The van der Waals surface area contributed by atoms with Crippen molar-refractivity contribution in [3.05, 3.63) is 0 Å². The molecule has 0 aliphatic carbocycles. The highest BCUT2D eigenvalue weighted by atomic mass is 28.3. The second-order valence-electron chi connectivity index (χ2n) is 6.18. The maximum atomic E-state index is 1.66. The van der Waals surface area contributed by atoms with Gasteiger partial charge in [0, 0.05) is 17.6 Å². The number of rotatable bonds is 0. The minimum Gasteiger partial charge on any atom is -0.0590 e. The van der Waals surface area contributed by atoms with Gasteiger partial charge < -0.3 is 0 Å². The Balaban J connectivity index is 1.90. The lowest BCUT2D eigenvalue weighted by Crippen LogP contribution is -2.16. The van der Waals surface area contributed by atoms with E-state index >= 15 is 0 Å². The van der Waals surface area contributed by atoms with E-state index in [4.69, 9.17) is 0 Å². The summed E-state index contributed by atoms with van der Waals surface area (Å²) in [6, 6.07) is 9.96. The molecule has 2 heteroatoms. The molecule has 0 amide bonds. The first-order chi connectivity index (χ1) is 8.45. The Kier molecular flexibility index (Phi) is 6.95. The number of hydrogen-bond donors (Lipinski definition) is 0. The molecule has 3 aliphatic rings. The second kappa shape index (κ2) is 8.52. The van der Waals surface area contributed by atoms with Gasteiger partial charge in [0.15, 0.2) is 0 Å². The highest BCUT2D eigenvalue weighted by Crippen LogP contribution is 2.25. The van der Waals surface area contributed by atoms with Crippen LogP contribution in [0.1, 0.15) is 57.8 Å². The van der Waals surface area contributed by atoms with Crippen LogP contribution in [0.4, 0.5) is 0 Å². The SMILES string of the molecule is C1CC[Si]2CCCCC[Si](CC1)CCCCC2. The lowest BCUT2D eigenvalue weighted by Gasteiger charge is -2.21. The summed E-state index contributed by atoms with van der Waals surface area (Å²) in [5, 5.41) is 0. The monoisotopic (exact) mass is 266 g/mol. The maximum absolute atomic E-state index is 1.66. The van der Waals surface area contributed by atoms with Gasteiger partial charge in [-0.25, -0.2) is 0 Å². The zero-order valence-electron chi connectivity index (χ0n) is 11.6. The standard InChI is InChI=1S/C15H30Si2/c1-4-10-16-12-6-2-7-13-17(11-5-1)15-9-3-8-14-16/h1-15H2. The van der Waals surface area contributed by atoms with Gasteiger partial charge in [0.2, 0.25) is 0 Å². The van der Waals surface area contributed by atoms with Crippen LogP contribution < -0.4 is 0 Å². The Morgan fingerprint density at radius 2 is 0.529 bits per heavy atom. The van der Waals surface area contributed by atoms with Crippen molar-refractivity contribution in [3.8, 4) is 0 Å². The Morgan fingerprint density at radius 3 is 0.765 bits per heavy atom. The summed E-state index contributed by atoms with van der Waals surface area (Å²) < 4.78 is 0. The van der Waals surface area contributed by atoms with Gasteiger partial charge in [0.1, 0.15) is 0 Å². The van der Waals surface area contributed by atoms with E-state index in [1.54, 1.807) is 94.1 Å². The van der Waals surface area contributed by atoms with Crippen molar-refractivity contribution >= 4 is 17.6 Å². The average Bonchev–Trinajstić information content (AvgIpc) is 2.29. The molecule has 2 bridgehead atoms. The molecular weight excluding hydrogens is 236 g/mol. The third-order valence-electron chi connectivity index (χ3n) is 4.68. The lowest BCUT2D eigenvalue weighted by atomic mass is 10.2. The Labute approximate surface area is 112 Å². The van der Waals surface area contributed by atoms with Crippen molar-refractivity contribution in [2.24, 2.45) is 0 Å². The largest absolute Gasteiger partial charge is 0.0590 e. The summed E-state index contributed by atoms with van der Waals surface area (Å²) in [5.74, 6) is 0. The van der Waals surface area contributed by atoms with Gasteiger partial charge >= 0.3 is 0 Å². The van der Waals surface area contributed by atoms with Gasteiger partial charge in [-0.3, -0.25) is 0 Å². The average molecular weight is 267 g/mol. The van der Waals surface area contributed by atoms with Crippen LogP contribution in [-0.2, 0) is 0 Å². The molecule has 3 rings (SSSR count). The van der Waals surface area contributed by atoms with Gasteiger partial charge in [-0.2, -0.15) is 0 Å². The van der Waals surface area contributed by atoms with Crippen LogP contribution in [0.15, 0.2) is 0 Å². The Hall–Kier alpha value is 0.434. The molecule has 0 nitrogen and oxygen atoms in total. The fourth-order valence-corrected chi connectivity index (χ4v) is 9.53. The van der Waals surface area contributed by atoms with Crippen molar-refractivity contribution in [1.82, 2.24) is 0 Å². The van der Waals surface area contributed by atoms with E-state index in [-0.39, 0.29) is 17.6 Å². The first kappa shape index (κ1) is 13.9. The summed E-state index contributed by atoms with van der Waals surface area (Å²) in [6.07, 6.45) is 14.2. The summed E-state index contributed by atoms with van der Waals surface area (Å²) >= 11 is 0. The second-order valence-corrected chi connectivity index (χ2v) is 12.2. The lowest BCUT2D eigenvalue weighted by molar-refractivity contribution is 0.691. The smallest absolute Gasteiger partial charge is 0.0479 e. The molecule has 3 aliphatic heterocycles. The molecule has 3 fully saturated rings. The minimum absolute atomic E-state index is 0.0796. The molecule has 0 aromatic carbocycles. The zero-order valence-corrected chi connectivity index (χ0v) is 13.6. The minimum atomic E-state index is 0.0796. The van der Waals surface area contributed by atoms with Crippen molar-refractivity contribution in [1.29, 1.82) is 0 Å². The third kappa shape index (κ3) is 5.73. The van der Waals surface area contributed by atoms with Crippen LogP contribution >= 0.6 is 0 Å². The molecule has 17 heavy (non-hydrogen) atoms. The van der Waals surface area contributed by atoms with E-state index < -0.39 is 0 Å². The molecule has 2 radical (unpaired) electrons. The van der Waals surface area contributed by atoms with Gasteiger partial charge in [-0.05, 0) is 0 Å². The van der Waals surface area contributed by atoms with E-state index in [0.29, 0.717) is 0 Å². The topological polar surface area (TPSA) is 0 Å². The van der Waals surface area contributed by atoms with E-state index in [1.807, 2.05) is 0 Å². The van der Waals surface area contributed by atoms with Gasteiger partial charge in [-0.1, -0.05) is 94.1 Å². The molecule has 0 unspecified atom stereocenters. The van der Waals surface area contributed by atoms with Gasteiger partial charge in [0.25, 0.3) is 0 Å². The first-order valence-corrected chi connectivity index (χ1v) is 12.4. The van der Waals surface area contributed by atoms with Gasteiger partial charge in [0.05, 0.1) is 0 Å². The summed E-state index contributed by atoms with van der Waals surface area (Å²) in [4.78, 5) is 0. The van der Waals surface area contributed by atoms with Crippen molar-refractivity contribution < 1.29 is 0 Å². The summed E-state index contributed by atoms with van der Waals surface area (Å²) in [6.45, 7) is 0.